The third-order valence-corrected chi connectivity index (χ3v) is 3.24. The fourth-order valence-electron chi connectivity index (χ4n) is 1.93. The van der Waals surface area contributed by atoms with Crippen molar-refractivity contribution >= 4 is 23.4 Å². The molecule has 94 valence electrons. The van der Waals surface area contributed by atoms with Gasteiger partial charge in [0, 0.05) is 26.2 Å². The van der Waals surface area contributed by atoms with Crippen molar-refractivity contribution in [2.45, 2.75) is 6.92 Å². The first-order valence-electron chi connectivity index (χ1n) is 5.71. The first-order chi connectivity index (χ1) is 8.24. The summed E-state index contributed by atoms with van der Waals surface area (Å²) >= 11 is 6.11. The zero-order chi connectivity index (χ0) is 12.3. The SMILES string of the molecule is CCN1CCN(c2nc(NN)ncc2Cl)CC1. The number of piperazine rings is 1. The van der Waals surface area contributed by atoms with Crippen LogP contribution < -0.4 is 16.2 Å². The Bertz CT molecular complexity index is 377. The van der Waals surface area contributed by atoms with E-state index in [1.165, 1.54) is 0 Å². The van der Waals surface area contributed by atoms with E-state index >= 15 is 0 Å². The molecule has 0 spiro atoms. The third kappa shape index (κ3) is 2.77. The van der Waals surface area contributed by atoms with Crippen LogP contribution in [0.5, 0.6) is 0 Å². The number of nitrogens with zero attached hydrogens (tertiary/aromatic N) is 4. The van der Waals surface area contributed by atoms with E-state index in [4.69, 9.17) is 17.4 Å². The Kier molecular flexibility index (Phi) is 3.98. The molecule has 1 saturated heterocycles. The number of hydrazine groups is 1. The zero-order valence-corrected chi connectivity index (χ0v) is 10.6. The number of nitrogens with two attached hydrogens (primary N) is 1. The van der Waals surface area contributed by atoms with Crippen LogP contribution in [-0.2, 0) is 0 Å². The number of aromatic nitrogens is 2. The summed E-state index contributed by atoms with van der Waals surface area (Å²) in [5.41, 5.74) is 2.44. The van der Waals surface area contributed by atoms with Gasteiger partial charge >= 0.3 is 0 Å². The van der Waals surface area contributed by atoms with Crippen LogP contribution in [0, 0.1) is 0 Å². The highest BCUT2D eigenvalue weighted by Gasteiger charge is 2.19. The molecule has 17 heavy (non-hydrogen) atoms. The lowest BCUT2D eigenvalue weighted by atomic mass is 10.3. The van der Waals surface area contributed by atoms with Crippen molar-refractivity contribution in [1.82, 2.24) is 14.9 Å². The largest absolute Gasteiger partial charge is 0.353 e. The molecule has 1 aliphatic heterocycles. The highest BCUT2D eigenvalue weighted by atomic mass is 35.5. The lowest BCUT2D eigenvalue weighted by Gasteiger charge is -2.35. The number of anilines is 2. The van der Waals surface area contributed by atoms with Crippen molar-refractivity contribution in [2.24, 2.45) is 5.84 Å². The van der Waals surface area contributed by atoms with Gasteiger partial charge in [-0.25, -0.2) is 10.8 Å². The number of hydrogen-bond acceptors (Lipinski definition) is 6. The molecule has 3 N–H and O–H groups in total. The number of likely N-dealkylation sites (N-methyl/N-ethyl adjacent to an activating group) is 1. The fourth-order valence-corrected chi connectivity index (χ4v) is 2.14. The Labute approximate surface area is 106 Å². The maximum absolute atomic E-state index is 6.11. The lowest BCUT2D eigenvalue weighted by molar-refractivity contribution is 0.270. The highest BCUT2D eigenvalue weighted by molar-refractivity contribution is 6.32. The van der Waals surface area contributed by atoms with Gasteiger partial charge in [0.15, 0.2) is 5.82 Å². The van der Waals surface area contributed by atoms with E-state index in [1.807, 2.05) is 0 Å². The van der Waals surface area contributed by atoms with Crippen LogP contribution in [0.1, 0.15) is 6.92 Å². The fraction of sp³-hybridized carbons (Fsp3) is 0.600. The van der Waals surface area contributed by atoms with Gasteiger partial charge in [-0.1, -0.05) is 18.5 Å². The maximum Gasteiger partial charge on any atom is 0.239 e. The van der Waals surface area contributed by atoms with E-state index in [2.05, 4.69) is 32.1 Å². The number of halogens is 1. The molecule has 1 aromatic heterocycles. The van der Waals surface area contributed by atoms with Crippen LogP contribution in [0.15, 0.2) is 6.20 Å². The predicted molar refractivity (Wildman–Crippen MR) is 69.2 cm³/mol. The Balaban J connectivity index is 2.12. The van der Waals surface area contributed by atoms with Crippen LogP contribution in [0.25, 0.3) is 0 Å². The normalized spacial score (nSPS) is 17.2. The Morgan fingerprint density at radius 1 is 1.41 bits per heavy atom. The highest BCUT2D eigenvalue weighted by Crippen LogP contribution is 2.24. The number of nitrogens with one attached hydrogen (secondary N) is 1. The molecule has 2 heterocycles. The van der Waals surface area contributed by atoms with Crippen LogP contribution in [0.3, 0.4) is 0 Å². The Hall–Kier alpha value is -1.11. The van der Waals surface area contributed by atoms with Crippen LogP contribution in [-0.4, -0.2) is 47.6 Å². The zero-order valence-electron chi connectivity index (χ0n) is 9.86. The summed E-state index contributed by atoms with van der Waals surface area (Å²) in [7, 11) is 0. The summed E-state index contributed by atoms with van der Waals surface area (Å²) in [6, 6.07) is 0. The molecule has 0 amide bonds. The van der Waals surface area contributed by atoms with E-state index in [9.17, 15) is 0 Å². The molecule has 0 aliphatic carbocycles. The molecule has 6 nitrogen and oxygen atoms in total. The van der Waals surface area contributed by atoms with Gasteiger partial charge in [-0.2, -0.15) is 4.98 Å². The molecule has 1 fully saturated rings. The number of hydrogen-bond donors (Lipinski definition) is 2. The summed E-state index contributed by atoms with van der Waals surface area (Å²) in [6.45, 7) is 7.17. The van der Waals surface area contributed by atoms with Crippen molar-refractivity contribution in [3.63, 3.8) is 0 Å². The van der Waals surface area contributed by atoms with Gasteiger partial charge < -0.3 is 9.80 Å². The van der Waals surface area contributed by atoms with Crippen molar-refractivity contribution in [3.05, 3.63) is 11.2 Å². The van der Waals surface area contributed by atoms with Gasteiger partial charge in [0.05, 0.1) is 6.20 Å². The van der Waals surface area contributed by atoms with Crippen molar-refractivity contribution in [1.29, 1.82) is 0 Å². The van der Waals surface area contributed by atoms with Crippen LogP contribution in [0.2, 0.25) is 5.02 Å². The summed E-state index contributed by atoms with van der Waals surface area (Å²) in [5.74, 6) is 6.44. The summed E-state index contributed by atoms with van der Waals surface area (Å²) in [4.78, 5) is 12.8. The van der Waals surface area contributed by atoms with Crippen molar-refractivity contribution < 1.29 is 0 Å². The average molecular weight is 257 g/mol. The third-order valence-electron chi connectivity index (χ3n) is 2.97. The number of rotatable bonds is 3. The minimum Gasteiger partial charge on any atom is -0.353 e. The molecule has 1 aliphatic rings. The molecule has 7 heteroatoms. The second-order valence-corrected chi connectivity index (χ2v) is 4.34. The predicted octanol–water partition coefficient (Wildman–Crippen LogP) is 0.558. The Morgan fingerprint density at radius 2 is 2.12 bits per heavy atom. The summed E-state index contributed by atoms with van der Waals surface area (Å²) in [5, 5.41) is 0.564. The molecule has 0 atom stereocenters. The molecule has 0 unspecified atom stereocenters. The second-order valence-electron chi connectivity index (χ2n) is 3.93. The van der Waals surface area contributed by atoms with E-state index in [1.54, 1.807) is 6.20 Å². The van der Waals surface area contributed by atoms with Gasteiger partial charge in [0.2, 0.25) is 5.95 Å². The Morgan fingerprint density at radius 3 is 2.71 bits per heavy atom. The molecular weight excluding hydrogens is 240 g/mol. The van der Waals surface area contributed by atoms with Gasteiger partial charge in [0.1, 0.15) is 5.02 Å². The monoisotopic (exact) mass is 256 g/mol. The van der Waals surface area contributed by atoms with E-state index in [-0.39, 0.29) is 0 Å². The van der Waals surface area contributed by atoms with Crippen molar-refractivity contribution in [2.75, 3.05) is 43.0 Å². The average Bonchev–Trinajstić information content (AvgIpc) is 2.39. The smallest absolute Gasteiger partial charge is 0.239 e. The lowest BCUT2D eigenvalue weighted by Crippen LogP contribution is -2.46. The molecule has 0 radical (unpaired) electrons. The first-order valence-corrected chi connectivity index (χ1v) is 6.09. The van der Waals surface area contributed by atoms with Gasteiger partial charge in [0.25, 0.3) is 0 Å². The minimum atomic E-state index is 0.391. The standard InChI is InChI=1S/C10H17ClN6/c1-2-16-3-5-17(6-4-16)9-8(11)7-13-10(14-9)15-12/h7H,2-6,12H2,1H3,(H,13,14,15). The van der Waals surface area contributed by atoms with Gasteiger partial charge in [-0.05, 0) is 6.54 Å². The molecule has 0 saturated carbocycles. The maximum atomic E-state index is 6.11. The van der Waals surface area contributed by atoms with Gasteiger partial charge in [-0.15, -0.1) is 0 Å². The molecular formula is C10H17ClN6. The number of nitrogen functional groups attached to an aromatic ring is 1. The first kappa shape index (κ1) is 12.3. The van der Waals surface area contributed by atoms with E-state index in [0.29, 0.717) is 11.0 Å². The van der Waals surface area contributed by atoms with E-state index < -0.39 is 0 Å². The molecule has 2 rings (SSSR count). The topological polar surface area (TPSA) is 70.3 Å². The second kappa shape index (κ2) is 5.48. The van der Waals surface area contributed by atoms with Crippen molar-refractivity contribution in [3.8, 4) is 0 Å². The summed E-state index contributed by atoms with van der Waals surface area (Å²) < 4.78 is 0. The molecule has 1 aromatic rings. The van der Waals surface area contributed by atoms with E-state index in [0.717, 1.165) is 38.5 Å². The van der Waals surface area contributed by atoms with Crippen LogP contribution >= 0.6 is 11.6 Å². The molecule has 0 bridgehead atoms. The summed E-state index contributed by atoms with van der Waals surface area (Å²) in [6.07, 6.45) is 1.57. The quantitative estimate of drug-likeness (QED) is 0.608. The minimum absolute atomic E-state index is 0.391. The molecule has 0 aromatic carbocycles. The van der Waals surface area contributed by atoms with Crippen LogP contribution in [0.4, 0.5) is 11.8 Å². The van der Waals surface area contributed by atoms with Gasteiger partial charge in [-0.3, -0.25) is 5.43 Å².